The molecule has 0 spiro atoms. The van der Waals surface area contributed by atoms with Crippen molar-refractivity contribution in [2.24, 2.45) is 0 Å². The van der Waals surface area contributed by atoms with E-state index in [1.807, 2.05) is 18.2 Å². The molecule has 0 aliphatic carbocycles. The largest absolute Gasteiger partial charge is 0.497 e. The first-order chi connectivity index (χ1) is 8.71. The van der Waals surface area contributed by atoms with E-state index in [4.69, 9.17) is 21.1 Å². The van der Waals surface area contributed by atoms with Gasteiger partial charge < -0.3 is 14.8 Å². The van der Waals surface area contributed by atoms with Crippen LogP contribution in [0.1, 0.15) is 12.0 Å². The summed E-state index contributed by atoms with van der Waals surface area (Å²) in [5.41, 5.74) is 1.16. The third kappa shape index (κ3) is 5.14. The number of ether oxygens (including phenoxy) is 2. The molecule has 0 radical (unpaired) electrons. The van der Waals surface area contributed by atoms with Crippen LogP contribution in [0.5, 0.6) is 5.75 Å². The van der Waals surface area contributed by atoms with Gasteiger partial charge in [-0.3, -0.25) is 0 Å². The van der Waals surface area contributed by atoms with Crippen LogP contribution in [-0.4, -0.2) is 32.7 Å². The summed E-state index contributed by atoms with van der Waals surface area (Å²) in [7, 11) is 3.37. The predicted molar refractivity (Wildman–Crippen MR) is 78.5 cm³/mol. The SMILES string of the molecule is COCC(CCCl)NCc1cc(OC)ccc1Br. The molecule has 1 unspecified atom stereocenters. The Labute approximate surface area is 122 Å². The van der Waals surface area contributed by atoms with Gasteiger partial charge in [-0.15, -0.1) is 11.6 Å². The number of benzene rings is 1. The van der Waals surface area contributed by atoms with E-state index in [0.29, 0.717) is 12.5 Å². The highest BCUT2D eigenvalue weighted by Gasteiger charge is 2.09. The molecular formula is C13H19BrClNO2. The number of methoxy groups -OCH3 is 2. The Morgan fingerprint density at radius 1 is 1.39 bits per heavy atom. The molecule has 102 valence electrons. The predicted octanol–water partition coefficient (Wildman–Crippen LogP) is 3.19. The first-order valence-electron chi connectivity index (χ1n) is 5.82. The summed E-state index contributed by atoms with van der Waals surface area (Å²) in [6.07, 6.45) is 0.886. The van der Waals surface area contributed by atoms with Gasteiger partial charge >= 0.3 is 0 Å². The van der Waals surface area contributed by atoms with E-state index in [1.54, 1.807) is 14.2 Å². The van der Waals surface area contributed by atoms with E-state index in [1.165, 1.54) is 0 Å². The van der Waals surface area contributed by atoms with Crippen molar-refractivity contribution in [1.29, 1.82) is 0 Å². The summed E-state index contributed by atoms with van der Waals surface area (Å²) < 4.78 is 11.4. The second-order valence-corrected chi connectivity index (χ2v) is 5.20. The molecule has 0 aliphatic rings. The van der Waals surface area contributed by atoms with E-state index in [-0.39, 0.29) is 6.04 Å². The summed E-state index contributed by atoms with van der Waals surface area (Å²) in [6.45, 7) is 1.41. The molecule has 0 amide bonds. The van der Waals surface area contributed by atoms with Gasteiger partial charge in [0.05, 0.1) is 13.7 Å². The first kappa shape index (κ1) is 15.8. The lowest BCUT2D eigenvalue weighted by Gasteiger charge is -2.17. The molecule has 0 saturated heterocycles. The topological polar surface area (TPSA) is 30.5 Å². The van der Waals surface area contributed by atoms with Crippen molar-refractivity contribution >= 4 is 27.5 Å². The zero-order valence-electron chi connectivity index (χ0n) is 10.7. The van der Waals surface area contributed by atoms with E-state index < -0.39 is 0 Å². The monoisotopic (exact) mass is 335 g/mol. The molecule has 1 atom stereocenters. The van der Waals surface area contributed by atoms with Gasteiger partial charge in [0.2, 0.25) is 0 Å². The highest BCUT2D eigenvalue weighted by atomic mass is 79.9. The maximum absolute atomic E-state index is 5.77. The lowest BCUT2D eigenvalue weighted by atomic mass is 10.2. The Bertz CT molecular complexity index is 357. The highest BCUT2D eigenvalue weighted by Crippen LogP contribution is 2.22. The molecule has 0 aromatic heterocycles. The number of nitrogens with one attached hydrogen (secondary N) is 1. The van der Waals surface area contributed by atoms with Crippen LogP contribution in [0.4, 0.5) is 0 Å². The van der Waals surface area contributed by atoms with E-state index >= 15 is 0 Å². The maximum Gasteiger partial charge on any atom is 0.119 e. The Hall–Kier alpha value is -0.290. The standard InChI is InChI=1S/C13H19BrClNO2/c1-17-9-11(5-6-15)16-8-10-7-12(18-2)3-4-13(10)14/h3-4,7,11,16H,5-6,8-9H2,1-2H3. The fourth-order valence-electron chi connectivity index (χ4n) is 1.65. The number of halogens is 2. The van der Waals surface area contributed by atoms with Crippen molar-refractivity contribution in [3.8, 4) is 5.75 Å². The Morgan fingerprint density at radius 2 is 2.17 bits per heavy atom. The summed E-state index contributed by atoms with van der Waals surface area (Å²) >= 11 is 9.30. The lowest BCUT2D eigenvalue weighted by Crippen LogP contribution is -2.33. The second-order valence-electron chi connectivity index (χ2n) is 3.97. The number of rotatable bonds is 8. The zero-order valence-corrected chi connectivity index (χ0v) is 13.1. The van der Waals surface area contributed by atoms with Gasteiger partial charge in [0.15, 0.2) is 0 Å². The molecule has 0 heterocycles. The third-order valence-electron chi connectivity index (χ3n) is 2.66. The van der Waals surface area contributed by atoms with Crippen molar-refractivity contribution < 1.29 is 9.47 Å². The molecule has 1 rings (SSSR count). The molecule has 0 bridgehead atoms. The van der Waals surface area contributed by atoms with Crippen molar-refractivity contribution in [3.63, 3.8) is 0 Å². The fourth-order valence-corrected chi connectivity index (χ4v) is 2.30. The summed E-state index contributed by atoms with van der Waals surface area (Å²) in [5, 5.41) is 3.44. The Kier molecular flexibility index (Phi) is 7.66. The summed E-state index contributed by atoms with van der Waals surface area (Å²) in [6, 6.07) is 6.20. The van der Waals surface area contributed by atoms with E-state index in [2.05, 4.69) is 21.2 Å². The van der Waals surface area contributed by atoms with E-state index in [0.717, 1.165) is 28.8 Å². The molecule has 1 aromatic carbocycles. The quantitative estimate of drug-likeness (QED) is 0.740. The molecule has 1 N–H and O–H groups in total. The van der Waals surface area contributed by atoms with Gasteiger partial charge in [-0.1, -0.05) is 15.9 Å². The minimum Gasteiger partial charge on any atom is -0.497 e. The molecule has 1 aromatic rings. The third-order valence-corrected chi connectivity index (χ3v) is 3.65. The maximum atomic E-state index is 5.77. The average Bonchev–Trinajstić information content (AvgIpc) is 2.38. The van der Waals surface area contributed by atoms with Crippen LogP contribution in [0.2, 0.25) is 0 Å². The van der Waals surface area contributed by atoms with Crippen LogP contribution in [0.15, 0.2) is 22.7 Å². The fraction of sp³-hybridized carbons (Fsp3) is 0.538. The average molecular weight is 337 g/mol. The minimum absolute atomic E-state index is 0.269. The molecule has 3 nitrogen and oxygen atoms in total. The minimum atomic E-state index is 0.269. The van der Waals surface area contributed by atoms with Gasteiger partial charge in [0.1, 0.15) is 5.75 Å². The zero-order chi connectivity index (χ0) is 13.4. The summed E-state index contributed by atoms with van der Waals surface area (Å²) in [4.78, 5) is 0. The first-order valence-corrected chi connectivity index (χ1v) is 7.14. The van der Waals surface area contributed by atoms with Gasteiger partial charge in [0, 0.05) is 30.0 Å². The number of hydrogen-bond acceptors (Lipinski definition) is 3. The van der Waals surface area contributed by atoms with Crippen molar-refractivity contribution in [3.05, 3.63) is 28.2 Å². The molecule has 0 aliphatic heterocycles. The normalized spacial score (nSPS) is 12.4. The Balaban J connectivity index is 2.60. The lowest BCUT2D eigenvalue weighted by molar-refractivity contribution is 0.164. The van der Waals surface area contributed by atoms with Gasteiger partial charge in [-0.2, -0.15) is 0 Å². The van der Waals surface area contributed by atoms with Crippen molar-refractivity contribution in [2.75, 3.05) is 26.7 Å². The molecule has 5 heteroatoms. The van der Waals surface area contributed by atoms with Crippen LogP contribution in [0.3, 0.4) is 0 Å². The Morgan fingerprint density at radius 3 is 2.78 bits per heavy atom. The van der Waals surface area contributed by atoms with Crippen LogP contribution < -0.4 is 10.1 Å². The van der Waals surface area contributed by atoms with E-state index in [9.17, 15) is 0 Å². The highest BCUT2D eigenvalue weighted by molar-refractivity contribution is 9.10. The van der Waals surface area contributed by atoms with Gasteiger partial charge in [-0.05, 0) is 30.2 Å². The number of alkyl halides is 1. The summed E-state index contributed by atoms with van der Waals surface area (Å²) in [5.74, 6) is 1.48. The smallest absolute Gasteiger partial charge is 0.119 e. The van der Waals surface area contributed by atoms with Crippen molar-refractivity contribution in [2.45, 2.75) is 19.0 Å². The van der Waals surface area contributed by atoms with Gasteiger partial charge in [0.25, 0.3) is 0 Å². The molecule has 18 heavy (non-hydrogen) atoms. The van der Waals surface area contributed by atoms with Gasteiger partial charge in [-0.25, -0.2) is 0 Å². The molecule has 0 fully saturated rings. The van der Waals surface area contributed by atoms with Crippen molar-refractivity contribution in [1.82, 2.24) is 5.32 Å². The van der Waals surface area contributed by atoms with Crippen LogP contribution in [0.25, 0.3) is 0 Å². The van der Waals surface area contributed by atoms with Crippen LogP contribution in [0, 0.1) is 0 Å². The van der Waals surface area contributed by atoms with Crippen LogP contribution in [-0.2, 0) is 11.3 Å². The second kappa shape index (κ2) is 8.75. The van der Waals surface area contributed by atoms with Crippen LogP contribution >= 0.6 is 27.5 Å². The molecule has 0 saturated carbocycles. The molecular weight excluding hydrogens is 318 g/mol. The number of hydrogen-bond donors (Lipinski definition) is 1.